The number of rotatable bonds is 2. The monoisotopic (exact) mass is 204 g/mol. The lowest BCUT2D eigenvalue weighted by Gasteiger charge is -1.98. The van der Waals surface area contributed by atoms with Gasteiger partial charge in [-0.25, -0.2) is 0 Å². The lowest BCUT2D eigenvalue weighted by atomic mass is 10.1. The van der Waals surface area contributed by atoms with Crippen molar-refractivity contribution < 1.29 is 4.79 Å². The van der Waals surface area contributed by atoms with Gasteiger partial charge in [0.05, 0.1) is 10.4 Å². The summed E-state index contributed by atoms with van der Waals surface area (Å²) in [7, 11) is 0. The molecule has 2 N–H and O–H groups in total. The number of hydrogen-bond acceptors (Lipinski definition) is 4. The van der Waals surface area contributed by atoms with Gasteiger partial charge < -0.3 is 5.73 Å². The van der Waals surface area contributed by atoms with Crippen molar-refractivity contribution in [2.45, 2.75) is 0 Å². The summed E-state index contributed by atoms with van der Waals surface area (Å²) in [4.78, 5) is 16.3. The molecule has 0 radical (unpaired) electrons. The van der Waals surface area contributed by atoms with Gasteiger partial charge >= 0.3 is 0 Å². The minimum absolute atomic E-state index is 0.0280. The van der Waals surface area contributed by atoms with Crippen molar-refractivity contribution in [3.63, 3.8) is 0 Å². The van der Waals surface area contributed by atoms with Crippen LogP contribution < -0.4 is 5.73 Å². The van der Waals surface area contributed by atoms with Crippen LogP contribution in [0.1, 0.15) is 15.2 Å². The average Bonchev–Trinajstić information content (AvgIpc) is 2.69. The van der Waals surface area contributed by atoms with Crippen LogP contribution in [0, 0.1) is 0 Å². The van der Waals surface area contributed by atoms with Crippen molar-refractivity contribution in [1.82, 2.24) is 4.98 Å². The summed E-state index contributed by atoms with van der Waals surface area (Å²) < 4.78 is 0. The number of thiazole rings is 1. The maximum atomic E-state index is 11.8. The van der Waals surface area contributed by atoms with E-state index in [1.807, 2.05) is 0 Å². The topological polar surface area (TPSA) is 56.0 Å². The smallest absolute Gasteiger partial charge is 0.204 e. The number of carbonyl (C=O) groups is 1. The molecular formula is C10H8N2OS. The summed E-state index contributed by atoms with van der Waals surface area (Å²) in [5.41, 5.74) is 8.43. The summed E-state index contributed by atoms with van der Waals surface area (Å²) in [5.74, 6) is -0.0280. The molecule has 0 amide bonds. The van der Waals surface area contributed by atoms with Crippen molar-refractivity contribution in [1.29, 1.82) is 0 Å². The summed E-state index contributed by atoms with van der Waals surface area (Å²) in [6, 6.07) is 6.94. The van der Waals surface area contributed by atoms with Crippen LogP contribution in [0.3, 0.4) is 0 Å². The molecule has 4 heteroatoms. The van der Waals surface area contributed by atoms with Crippen LogP contribution in [0.15, 0.2) is 36.0 Å². The van der Waals surface area contributed by atoms with Gasteiger partial charge in [0.25, 0.3) is 0 Å². The van der Waals surface area contributed by atoms with Gasteiger partial charge in [0.1, 0.15) is 0 Å². The predicted molar refractivity (Wildman–Crippen MR) is 56.4 cm³/mol. The van der Waals surface area contributed by atoms with E-state index < -0.39 is 0 Å². The number of ketones is 1. The lowest BCUT2D eigenvalue weighted by Crippen LogP contribution is -1.99. The number of hydrogen-bond donors (Lipinski definition) is 1. The molecule has 1 heterocycles. The Hall–Kier alpha value is -1.68. The number of aromatic nitrogens is 1. The second-order valence-corrected chi connectivity index (χ2v) is 3.71. The predicted octanol–water partition coefficient (Wildman–Crippen LogP) is 1.96. The Morgan fingerprint density at radius 3 is 2.93 bits per heavy atom. The molecule has 0 spiro atoms. The SMILES string of the molecule is Nc1cccc(C(=O)c2cncs2)c1. The standard InChI is InChI=1S/C10H8N2OS/c11-8-3-1-2-7(4-8)10(13)9-5-12-6-14-9/h1-6H,11H2. The van der Waals surface area contributed by atoms with Gasteiger partial charge in [-0.1, -0.05) is 12.1 Å². The van der Waals surface area contributed by atoms with Crippen molar-refractivity contribution in [3.05, 3.63) is 46.4 Å². The quantitative estimate of drug-likeness (QED) is 0.601. The molecule has 0 aliphatic carbocycles. The van der Waals surface area contributed by atoms with Crippen LogP contribution in [-0.2, 0) is 0 Å². The molecule has 0 saturated heterocycles. The molecular weight excluding hydrogens is 196 g/mol. The summed E-state index contributed by atoms with van der Waals surface area (Å²) in [6.07, 6.45) is 1.57. The Labute approximate surface area is 85.2 Å². The third-order valence-corrected chi connectivity index (χ3v) is 2.58. The van der Waals surface area contributed by atoms with E-state index in [9.17, 15) is 4.79 Å². The fourth-order valence-corrected chi connectivity index (χ4v) is 1.73. The molecule has 14 heavy (non-hydrogen) atoms. The highest BCUT2D eigenvalue weighted by Gasteiger charge is 2.09. The van der Waals surface area contributed by atoms with E-state index in [1.165, 1.54) is 11.3 Å². The number of carbonyl (C=O) groups excluding carboxylic acids is 1. The Morgan fingerprint density at radius 1 is 1.43 bits per heavy atom. The lowest BCUT2D eigenvalue weighted by molar-refractivity contribution is 0.104. The van der Waals surface area contributed by atoms with Crippen LogP contribution in [0.25, 0.3) is 0 Å². The number of nitrogens with two attached hydrogens (primary N) is 1. The first-order valence-electron chi connectivity index (χ1n) is 4.06. The molecule has 0 unspecified atom stereocenters. The molecule has 3 nitrogen and oxygen atoms in total. The molecule has 0 aliphatic rings. The van der Waals surface area contributed by atoms with E-state index in [4.69, 9.17) is 5.73 Å². The summed E-state index contributed by atoms with van der Waals surface area (Å²) in [5, 5.41) is 0. The Morgan fingerprint density at radius 2 is 2.29 bits per heavy atom. The van der Waals surface area contributed by atoms with E-state index in [0.29, 0.717) is 16.1 Å². The van der Waals surface area contributed by atoms with Crippen LogP contribution >= 0.6 is 11.3 Å². The molecule has 1 aromatic carbocycles. The van der Waals surface area contributed by atoms with E-state index in [0.717, 1.165) is 0 Å². The molecule has 70 valence electrons. The van der Waals surface area contributed by atoms with Gasteiger partial charge in [0.2, 0.25) is 5.78 Å². The first-order valence-corrected chi connectivity index (χ1v) is 4.94. The van der Waals surface area contributed by atoms with Crippen LogP contribution in [0.5, 0.6) is 0 Å². The fourth-order valence-electron chi connectivity index (χ4n) is 1.15. The number of nitrogens with zero attached hydrogens (tertiary/aromatic N) is 1. The van der Waals surface area contributed by atoms with Gasteiger partial charge in [-0.15, -0.1) is 11.3 Å². The molecule has 2 aromatic rings. The van der Waals surface area contributed by atoms with E-state index in [2.05, 4.69) is 4.98 Å². The van der Waals surface area contributed by atoms with Crippen molar-refractivity contribution in [3.8, 4) is 0 Å². The number of anilines is 1. The van der Waals surface area contributed by atoms with Gasteiger partial charge in [0, 0.05) is 17.4 Å². The second-order valence-electron chi connectivity index (χ2n) is 2.82. The molecule has 0 bridgehead atoms. The minimum Gasteiger partial charge on any atom is -0.399 e. The largest absolute Gasteiger partial charge is 0.399 e. The normalized spacial score (nSPS) is 10.0. The maximum absolute atomic E-state index is 11.8. The summed E-state index contributed by atoms with van der Waals surface area (Å²) in [6.45, 7) is 0. The highest BCUT2D eigenvalue weighted by molar-refractivity contribution is 7.11. The van der Waals surface area contributed by atoms with Gasteiger partial charge in [0.15, 0.2) is 0 Å². The zero-order valence-corrected chi connectivity index (χ0v) is 8.12. The Bertz CT molecular complexity index is 451. The third-order valence-electron chi connectivity index (χ3n) is 1.80. The number of nitrogen functional groups attached to an aromatic ring is 1. The minimum atomic E-state index is -0.0280. The van der Waals surface area contributed by atoms with Crippen molar-refractivity contribution >= 4 is 22.8 Å². The first-order chi connectivity index (χ1) is 6.77. The van der Waals surface area contributed by atoms with Crippen LogP contribution in [0.2, 0.25) is 0 Å². The highest BCUT2D eigenvalue weighted by Crippen LogP contribution is 2.15. The Kier molecular flexibility index (Phi) is 2.28. The van der Waals surface area contributed by atoms with Crippen molar-refractivity contribution in [2.24, 2.45) is 0 Å². The van der Waals surface area contributed by atoms with Crippen LogP contribution in [-0.4, -0.2) is 10.8 Å². The van der Waals surface area contributed by atoms with E-state index in [-0.39, 0.29) is 5.78 Å². The molecule has 0 saturated carbocycles. The van der Waals surface area contributed by atoms with Gasteiger partial charge in [-0.2, -0.15) is 0 Å². The van der Waals surface area contributed by atoms with Gasteiger partial charge in [-0.05, 0) is 12.1 Å². The van der Waals surface area contributed by atoms with E-state index >= 15 is 0 Å². The Balaban J connectivity index is 2.37. The molecule has 0 aliphatic heterocycles. The third kappa shape index (κ3) is 1.65. The van der Waals surface area contributed by atoms with Gasteiger partial charge in [-0.3, -0.25) is 9.78 Å². The second kappa shape index (κ2) is 3.59. The van der Waals surface area contributed by atoms with Crippen LogP contribution in [0.4, 0.5) is 5.69 Å². The number of benzene rings is 1. The molecule has 0 fully saturated rings. The highest BCUT2D eigenvalue weighted by atomic mass is 32.1. The zero-order valence-electron chi connectivity index (χ0n) is 7.31. The maximum Gasteiger partial charge on any atom is 0.204 e. The average molecular weight is 204 g/mol. The van der Waals surface area contributed by atoms with E-state index in [1.54, 1.807) is 36.0 Å². The molecule has 0 atom stereocenters. The fraction of sp³-hybridized carbons (Fsp3) is 0. The first kappa shape index (κ1) is 8.90. The molecule has 1 aromatic heterocycles. The summed E-state index contributed by atoms with van der Waals surface area (Å²) >= 11 is 1.33. The molecule has 2 rings (SSSR count). The zero-order chi connectivity index (χ0) is 9.97. The van der Waals surface area contributed by atoms with Crippen molar-refractivity contribution in [2.75, 3.05) is 5.73 Å².